The number of amides is 1. The normalized spacial score (nSPS) is 45.8. The van der Waals surface area contributed by atoms with Gasteiger partial charge in [-0.05, 0) is 93.3 Å². The molecule has 5 rings (SSSR count). The number of aliphatic hydroxyl groups is 1. The molecular formula is C30H45NO7. The molecule has 9 unspecified atom stereocenters. The second-order valence-corrected chi connectivity index (χ2v) is 13.6. The van der Waals surface area contributed by atoms with Crippen LogP contribution in [0.4, 0.5) is 4.79 Å². The van der Waals surface area contributed by atoms with Gasteiger partial charge in [0.1, 0.15) is 12.7 Å². The van der Waals surface area contributed by atoms with E-state index in [1.807, 2.05) is 6.08 Å². The highest BCUT2D eigenvalue weighted by Crippen LogP contribution is 2.71. The van der Waals surface area contributed by atoms with Gasteiger partial charge in [0.25, 0.3) is 0 Å². The largest absolute Gasteiger partial charge is 0.481 e. The van der Waals surface area contributed by atoms with E-state index >= 15 is 0 Å². The fourth-order valence-corrected chi connectivity index (χ4v) is 9.77. The molecule has 0 saturated heterocycles. The van der Waals surface area contributed by atoms with Gasteiger partial charge in [-0.2, -0.15) is 0 Å². The fourth-order valence-electron chi connectivity index (χ4n) is 9.77. The number of esters is 1. The Morgan fingerprint density at radius 3 is 2.58 bits per heavy atom. The highest BCUT2D eigenvalue weighted by Gasteiger charge is 2.69. The van der Waals surface area contributed by atoms with Crippen LogP contribution in [0.1, 0.15) is 91.4 Å². The van der Waals surface area contributed by atoms with E-state index in [1.165, 1.54) is 0 Å². The number of fused-ring (bicyclic) bond motifs is 5. The lowest BCUT2D eigenvalue weighted by Crippen LogP contribution is -2.63. The first-order chi connectivity index (χ1) is 17.9. The summed E-state index contributed by atoms with van der Waals surface area (Å²) >= 11 is 0. The van der Waals surface area contributed by atoms with E-state index in [0.29, 0.717) is 31.4 Å². The van der Waals surface area contributed by atoms with E-state index in [2.05, 4.69) is 26.1 Å². The number of carboxylic acid groups (broad SMARTS) is 1. The third kappa shape index (κ3) is 4.44. The van der Waals surface area contributed by atoms with Gasteiger partial charge in [-0.15, -0.1) is 0 Å². The Kier molecular flexibility index (Phi) is 7.11. The molecule has 0 aromatic rings. The lowest BCUT2D eigenvalue weighted by molar-refractivity contribution is -0.217. The summed E-state index contributed by atoms with van der Waals surface area (Å²) in [5.41, 5.74) is -1.04. The number of cyclic esters (lactones) is 1. The fraction of sp³-hybridized carbons (Fsp3) is 0.833. The van der Waals surface area contributed by atoms with Gasteiger partial charge in [0.15, 0.2) is 0 Å². The monoisotopic (exact) mass is 531 g/mol. The molecule has 4 fully saturated rings. The van der Waals surface area contributed by atoms with E-state index < -0.39 is 17.7 Å². The Morgan fingerprint density at radius 1 is 1.08 bits per heavy atom. The summed E-state index contributed by atoms with van der Waals surface area (Å²) in [6.07, 6.45) is 12.0. The first kappa shape index (κ1) is 27.5. The third-order valence-electron chi connectivity index (χ3n) is 11.8. The molecule has 8 heteroatoms. The zero-order valence-electron chi connectivity index (χ0n) is 23.2. The van der Waals surface area contributed by atoms with Crippen molar-refractivity contribution in [3.63, 3.8) is 0 Å². The molecule has 0 aromatic carbocycles. The number of carbonyl (C=O) groups is 3. The van der Waals surface area contributed by atoms with Gasteiger partial charge in [0.05, 0.1) is 5.60 Å². The number of nitrogens with one attached hydrogen (secondary N) is 1. The number of aliphatic carboxylic acids is 1. The maximum Gasteiger partial charge on any atom is 0.407 e. The molecule has 38 heavy (non-hydrogen) atoms. The maximum atomic E-state index is 12.5. The standard InChI is InChI=1S/C30H45NO7/c1-27(12-11-25(34)37-18-27)23-10-15-30(36)22-7-6-19-17-20(38-26(35)31-16-4-5-24(32)33)8-13-28(19,2)21(22)9-14-29(23,30)3/h11-12,19-23,36H,4-10,13-18H2,1-3H3,(H,31,35)(H,32,33). The molecule has 9 atom stereocenters. The van der Waals surface area contributed by atoms with Crippen LogP contribution in [0.3, 0.4) is 0 Å². The minimum Gasteiger partial charge on any atom is -0.481 e. The zero-order valence-corrected chi connectivity index (χ0v) is 23.2. The summed E-state index contributed by atoms with van der Waals surface area (Å²) in [6, 6.07) is 0. The Balaban J connectivity index is 1.24. The predicted molar refractivity (Wildman–Crippen MR) is 140 cm³/mol. The van der Waals surface area contributed by atoms with E-state index in [-0.39, 0.29) is 46.6 Å². The molecule has 5 aliphatic rings. The molecule has 4 saturated carbocycles. The average Bonchev–Trinajstić information content (AvgIpc) is 3.16. The number of hydrogen-bond acceptors (Lipinski definition) is 6. The Bertz CT molecular complexity index is 997. The third-order valence-corrected chi connectivity index (χ3v) is 11.8. The average molecular weight is 532 g/mol. The van der Waals surface area contributed by atoms with Gasteiger partial charge < -0.3 is 25.0 Å². The molecule has 1 amide bonds. The zero-order chi connectivity index (χ0) is 27.3. The Morgan fingerprint density at radius 2 is 1.87 bits per heavy atom. The van der Waals surface area contributed by atoms with Gasteiger partial charge >= 0.3 is 18.0 Å². The van der Waals surface area contributed by atoms with Crippen LogP contribution < -0.4 is 5.32 Å². The van der Waals surface area contributed by atoms with Crippen LogP contribution in [-0.4, -0.2) is 53.1 Å². The van der Waals surface area contributed by atoms with Crippen LogP contribution in [0.2, 0.25) is 0 Å². The van der Waals surface area contributed by atoms with Gasteiger partial charge in [-0.25, -0.2) is 9.59 Å². The van der Waals surface area contributed by atoms with Crippen molar-refractivity contribution in [3.8, 4) is 0 Å². The van der Waals surface area contributed by atoms with Gasteiger partial charge in [0.2, 0.25) is 0 Å². The lowest BCUT2D eigenvalue weighted by Gasteiger charge is -2.64. The van der Waals surface area contributed by atoms with Gasteiger partial charge in [-0.1, -0.05) is 26.8 Å². The summed E-state index contributed by atoms with van der Waals surface area (Å²) in [5, 5.41) is 23.9. The van der Waals surface area contributed by atoms with Crippen LogP contribution in [-0.2, 0) is 19.1 Å². The summed E-state index contributed by atoms with van der Waals surface area (Å²) in [7, 11) is 0. The van der Waals surface area contributed by atoms with Crippen molar-refractivity contribution < 1.29 is 34.1 Å². The molecule has 0 bridgehead atoms. The molecule has 212 valence electrons. The second-order valence-electron chi connectivity index (χ2n) is 13.6. The number of rotatable bonds is 6. The van der Waals surface area contributed by atoms with Gasteiger partial charge in [-0.3, -0.25) is 4.79 Å². The molecule has 0 radical (unpaired) electrons. The minimum atomic E-state index is -0.867. The SMILES string of the molecule is CC1(C2CCC3(O)C4CCC5CC(OC(=O)NCCCC(=O)O)CCC5(C)C4CCC23C)C=CC(=O)OC1. The molecule has 4 aliphatic carbocycles. The first-order valence-corrected chi connectivity index (χ1v) is 14.7. The number of ether oxygens (including phenoxy) is 2. The van der Waals surface area contributed by atoms with Crippen LogP contribution in [0.15, 0.2) is 12.2 Å². The number of carboxylic acids is 1. The summed E-state index contributed by atoms with van der Waals surface area (Å²) in [6.45, 7) is 7.59. The number of carbonyl (C=O) groups excluding carboxylic acids is 2. The molecule has 1 aliphatic heterocycles. The smallest absolute Gasteiger partial charge is 0.407 e. The van der Waals surface area contributed by atoms with E-state index in [4.69, 9.17) is 14.6 Å². The van der Waals surface area contributed by atoms with Crippen LogP contribution in [0, 0.1) is 39.9 Å². The Labute approximate surface area is 225 Å². The van der Waals surface area contributed by atoms with Crippen molar-refractivity contribution in [1.82, 2.24) is 5.32 Å². The number of hydrogen-bond donors (Lipinski definition) is 3. The van der Waals surface area contributed by atoms with Crippen molar-refractivity contribution in [2.45, 2.75) is 103 Å². The topological polar surface area (TPSA) is 122 Å². The second kappa shape index (κ2) is 9.83. The maximum absolute atomic E-state index is 12.5. The van der Waals surface area contributed by atoms with Gasteiger partial charge in [0, 0.05) is 29.9 Å². The summed E-state index contributed by atoms with van der Waals surface area (Å²) in [4.78, 5) is 34.6. The van der Waals surface area contributed by atoms with E-state index in [1.54, 1.807) is 6.08 Å². The molecule has 8 nitrogen and oxygen atoms in total. The predicted octanol–water partition coefficient (Wildman–Crippen LogP) is 4.84. The van der Waals surface area contributed by atoms with Crippen LogP contribution in [0.25, 0.3) is 0 Å². The Hall–Kier alpha value is -2.09. The van der Waals surface area contributed by atoms with E-state index in [9.17, 15) is 19.5 Å². The molecule has 0 aromatic heterocycles. The van der Waals surface area contributed by atoms with E-state index in [0.717, 1.165) is 57.8 Å². The summed E-state index contributed by atoms with van der Waals surface area (Å²) < 4.78 is 11.2. The van der Waals surface area contributed by atoms with Crippen molar-refractivity contribution in [2.24, 2.45) is 39.9 Å². The first-order valence-electron chi connectivity index (χ1n) is 14.7. The van der Waals surface area contributed by atoms with Crippen molar-refractivity contribution in [1.29, 1.82) is 0 Å². The van der Waals surface area contributed by atoms with Crippen molar-refractivity contribution in [3.05, 3.63) is 12.2 Å². The van der Waals surface area contributed by atoms with Crippen molar-refractivity contribution in [2.75, 3.05) is 13.2 Å². The molecule has 3 N–H and O–H groups in total. The lowest BCUT2D eigenvalue weighted by atomic mass is 9.42. The summed E-state index contributed by atoms with van der Waals surface area (Å²) in [5.74, 6) is 0.317. The quantitative estimate of drug-likeness (QED) is 0.331. The highest BCUT2D eigenvalue weighted by atomic mass is 16.6. The molecule has 1 heterocycles. The van der Waals surface area contributed by atoms with Crippen LogP contribution >= 0.6 is 0 Å². The van der Waals surface area contributed by atoms with Crippen LogP contribution in [0.5, 0.6) is 0 Å². The number of alkyl carbamates (subject to hydrolysis) is 1. The van der Waals surface area contributed by atoms with Crippen molar-refractivity contribution >= 4 is 18.0 Å². The molecule has 0 spiro atoms. The minimum absolute atomic E-state index is 0.0300. The molecular weight excluding hydrogens is 486 g/mol. The highest BCUT2D eigenvalue weighted by molar-refractivity contribution is 5.83.